The number of rotatable bonds is 1. The van der Waals surface area contributed by atoms with Gasteiger partial charge in [-0.05, 0) is 18.8 Å². The summed E-state index contributed by atoms with van der Waals surface area (Å²) in [6, 6.07) is -0.420. The molecule has 3 N–H and O–H groups in total. The van der Waals surface area contributed by atoms with Crippen molar-refractivity contribution in [1.82, 2.24) is 10.6 Å². The molecular weight excluding hydrogens is 160 g/mol. The zero-order valence-corrected chi connectivity index (χ0v) is 6.46. The van der Waals surface area contributed by atoms with Crippen molar-refractivity contribution in [2.75, 3.05) is 6.61 Å². The normalized spacial score (nSPS) is 39.2. The molecule has 1 saturated carbocycles. The molecule has 0 aromatic rings. The van der Waals surface area contributed by atoms with Crippen LogP contribution >= 0.6 is 0 Å². The number of amides is 3. The lowest BCUT2D eigenvalue weighted by atomic mass is 9.69. The third-order valence-electron chi connectivity index (χ3n) is 2.55. The average molecular weight is 170 g/mol. The number of nitrogens with one attached hydrogen (secondary N) is 2. The summed E-state index contributed by atoms with van der Waals surface area (Å²) in [7, 11) is 0. The van der Waals surface area contributed by atoms with Crippen molar-refractivity contribution in [3.05, 3.63) is 0 Å². The average Bonchev–Trinajstić information content (AvgIpc) is 2.22. The smallest absolute Gasteiger partial charge is 0.322 e. The SMILES string of the molecule is O=C1NC(=O)[C@]2(C[C@H](CO)C2)N1. The number of carbonyl (C=O) groups excluding carboxylic acids is 2. The van der Waals surface area contributed by atoms with Gasteiger partial charge in [-0.3, -0.25) is 10.1 Å². The Bertz CT molecular complexity index is 245. The van der Waals surface area contributed by atoms with Gasteiger partial charge < -0.3 is 10.4 Å². The predicted molar refractivity (Wildman–Crippen MR) is 39.2 cm³/mol. The molecule has 0 aromatic heterocycles. The number of imide groups is 1. The minimum absolute atomic E-state index is 0.0882. The van der Waals surface area contributed by atoms with Crippen LogP contribution in [0.4, 0.5) is 4.79 Å². The van der Waals surface area contributed by atoms with E-state index in [9.17, 15) is 9.59 Å². The lowest BCUT2D eigenvalue weighted by Gasteiger charge is -2.41. The minimum atomic E-state index is -0.690. The fraction of sp³-hybridized carbons (Fsp3) is 0.714. The number of hydrogen-bond donors (Lipinski definition) is 3. The van der Waals surface area contributed by atoms with E-state index in [0.717, 1.165) is 0 Å². The van der Waals surface area contributed by atoms with Gasteiger partial charge in [-0.2, -0.15) is 0 Å². The van der Waals surface area contributed by atoms with Gasteiger partial charge in [0.2, 0.25) is 0 Å². The lowest BCUT2D eigenvalue weighted by Crippen LogP contribution is -2.57. The highest BCUT2D eigenvalue weighted by Gasteiger charge is 2.54. The van der Waals surface area contributed by atoms with Gasteiger partial charge in [0.1, 0.15) is 5.54 Å². The molecule has 2 rings (SSSR count). The first-order valence-corrected chi connectivity index (χ1v) is 3.91. The number of hydrogen-bond acceptors (Lipinski definition) is 3. The molecule has 1 heterocycles. The first-order chi connectivity index (χ1) is 5.66. The van der Waals surface area contributed by atoms with Crippen molar-refractivity contribution in [2.24, 2.45) is 5.92 Å². The number of aliphatic hydroxyl groups is 1. The fourth-order valence-electron chi connectivity index (χ4n) is 1.87. The summed E-state index contributed by atoms with van der Waals surface area (Å²) in [5, 5.41) is 13.5. The van der Waals surface area contributed by atoms with Gasteiger partial charge in [0.25, 0.3) is 5.91 Å². The Morgan fingerprint density at radius 1 is 1.50 bits per heavy atom. The van der Waals surface area contributed by atoms with Gasteiger partial charge in [-0.25, -0.2) is 4.79 Å². The molecular formula is C7H10N2O3. The Morgan fingerprint density at radius 3 is 2.58 bits per heavy atom. The van der Waals surface area contributed by atoms with Crippen LogP contribution in [0, 0.1) is 5.92 Å². The fourth-order valence-corrected chi connectivity index (χ4v) is 1.87. The summed E-state index contributed by atoms with van der Waals surface area (Å²) in [6.07, 6.45) is 1.11. The molecule has 5 nitrogen and oxygen atoms in total. The molecule has 0 bridgehead atoms. The maximum Gasteiger partial charge on any atom is 0.322 e. The Kier molecular flexibility index (Phi) is 1.38. The molecule has 3 amide bonds. The van der Waals surface area contributed by atoms with E-state index in [0.29, 0.717) is 12.8 Å². The molecule has 66 valence electrons. The number of carbonyl (C=O) groups is 2. The van der Waals surface area contributed by atoms with Crippen molar-refractivity contribution in [3.8, 4) is 0 Å². The topological polar surface area (TPSA) is 78.4 Å². The van der Waals surface area contributed by atoms with Crippen LogP contribution in [-0.2, 0) is 4.79 Å². The molecule has 0 atom stereocenters. The molecule has 12 heavy (non-hydrogen) atoms. The zero-order valence-electron chi connectivity index (χ0n) is 6.46. The summed E-state index contributed by atoms with van der Waals surface area (Å²) in [4.78, 5) is 21.9. The predicted octanol–water partition coefficient (Wildman–Crippen LogP) is -1.03. The summed E-state index contributed by atoms with van der Waals surface area (Å²) < 4.78 is 0. The van der Waals surface area contributed by atoms with Crippen LogP contribution < -0.4 is 10.6 Å². The second-order valence-corrected chi connectivity index (χ2v) is 3.45. The van der Waals surface area contributed by atoms with Gasteiger partial charge in [0, 0.05) is 6.61 Å². The maximum atomic E-state index is 11.2. The van der Waals surface area contributed by atoms with E-state index < -0.39 is 11.6 Å². The van der Waals surface area contributed by atoms with E-state index in [4.69, 9.17) is 5.11 Å². The Morgan fingerprint density at radius 2 is 2.17 bits per heavy atom. The van der Waals surface area contributed by atoms with Crippen LogP contribution in [0.3, 0.4) is 0 Å². The van der Waals surface area contributed by atoms with Gasteiger partial charge in [0.05, 0.1) is 0 Å². The monoisotopic (exact) mass is 170 g/mol. The van der Waals surface area contributed by atoms with Crippen LogP contribution in [0.1, 0.15) is 12.8 Å². The standard InChI is InChI=1S/C7H10N2O3/c10-3-4-1-7(2-4)5(11)8-6(12)9-7/h4,10H,1-3H2,(H2,8,9,11,12)/t4-,7+. The van der Waals surface area contributed by atoms with Crippen molar-refractivity contribution in [3.63, 3.8) is 0 Å². The third kappa shape index (κ3) is 0.828. The largest absolute Gasteiger partial charge is 0.396 e. The maximum absolute atomic E-state index is 11.2. The molecule has 0 aromatic carbocycles. The quantitative estimate of drug-likeness (QED) is 0.440. The van der Waals surface area contributed by atoms with Crippen molar-refractivity contribution >= 4 is 11.9 Å². The Balaban J connectivity index is 2.06. The van der Waals surface area contributed by atoms with Crippen molar-refractivity contribution in [1.29, 1.82) is 0 Å². The summed E-state index contributed by atoms with van der Waals surface area (Å²) in [5.41, 5.74) is -0.690. The molecule has 0 radical (unpaired) electrons. The highest BCUT2D eigenvalue weighted by molar-refractivity contribution is 6.07. The molecule has 0 unspecified atom stereocenters. The van der Waals surface area contributed by atoms with Gasteiger partial charge in [-0.15, -0.1) is 0 Å². The summed E-state index contributed by atoms with van der Waals surface area (Å²) >= 11 is 0. The second-order valence-electron chi connectivity index (χ2n) is 3.45. The lowest BCUT2D eigenvalue weighted by molar-refractivity contribution is -0.129. The van der Waals surface area contributed by atoms with Crippen LogP contribution in [-0.4, -0.2) is 29.2 Å². The van der Waals surface area contributed by atoms with Crippen molar-refractivity contribution < 1.29 is 14.7 Å². The molecule has 5 heteroatoms. The van der Waals surface area contributed by atoms with Crippen LogP contribution in [0.25, 0.3) is 0 Å². The first-order valence-electron chi connectivity index (χ1n) is 3.91. The van der Waals surface area contributed by atoms with E-state index in [1.807, 2.05) is 0 Å². The highest BCUT2D eigenvalue weighted by atomic mass is 16.3. The molecule has 1 aliphatic heterocycles. The molecule has 1 spiro atoms. The van der Waals surface area contributed by atoms with E-state index >= 15 is 0 Å². The molecule has 2 aliphatic rings. The second kappa shape index (κ2) is 2.20. The van der Waals surface area contributed by atoms with Gasteiger partial charge >= 0.3 is 6.03 Å². The van der Waals surface area contributed by atoms with E-state index in [-0.39, 0.29) is 18.4 Å². The Labute approximate surface area is 69.1 Å². The van der Waals surface area contributed by atoms with E-state index in [1.54, 1.807) is 0 Å². The zero-order chi connectivity index (χ0) is 8.77. The number of aliphatic hydroxyl groups excluding tert-OH is 1. The molecule has 1 aliphatic carbocycles. The van der Waals surface area contributed by atoms with Crippen LogP contribution in [0.2, 0.25) is 0 Å². The van der Waals surface area contributed by atoms with Crippen molar-refractivity contribution in [2.45, 2.75) is 18.4 Å². The van der Waals surface area contributed by atoms with Crippen LogP contribution in [0.15, 0.2) is 0 Å². The number of urea groups is 1. The molecule has 1 saturated heterocycles. The van der Waals surface area contributed by atoms with Crippen LogP contribution in [0.5, 0.6) is 0 Å². The minimum Gasteiger partial charge on any atom is -0.396 e. The van der Waals surface area contributed by atoms with Gasteiger partial charge in [0.15, 0.2) is 0 Å². The summed E-state index contributed by atoms with van der Waals surface area (Å²) in [5.74, 6) is -0.0913. The first kappa shape index (κ1) is 7.54. The third-order valence-corrected chi connectivity index (χ3v) is 2.55. The molecule has 2 fully saturated rings. The van der Waals surface area contributed by atoms with E-state index in [2.05, 4.69) is 10.6 Å². The summed E-state index contributed by atoms with van der Waals surface area (Å²) in [6.45, 7) is 0.0882. The highest BCUT2D eigenvalue weighted by Crippen LogP contribution is 2.39. The Hall–Kier alpha value is -1.10. The van der Waals surface area contributed by atoms with Gasteiger partial charge in [-0.1, -0.05) is 0 Å². The van der Waals surface area contributed by atoms with E-state index in [1.165, 1.54) is 0 Å².